The second kappa shape index (κ2) is 12.7. The Labute approximate surface area is 148 Å². The first kappa shape index (κ1) is 19.7. The SMILES string of the molecule is O=C(OCc1ccccc1)N1CCOCCOCCOCCOCC1. The van der Waals surface area contributed by atoms with E-state index in [-0.39, 0.29) is 12.7 Å². The maximum Gasteiger partial charge on any atom is 0.410 e. The first-order chi connectivity index (χ1) is 12.4. The fourth-order valence-corrected chi connectivity index (χ4v) is 2.22. The van der Waals surface area contributed by atoms with Gasteiger partial charge in [-0.05, 0) is 5.56 Å². The van der Waals surface area contributed by atoms with Crippen LogP contribution in [0.2, 0.25) is 0 Å². The standard InChI is InChI=1S/C18H27NO6/c20-18(25-16-17-4-2-1-3-5-17)19-6-8-21-10-12-23-14-15-24-13-11-22-9-7-19/h1-5H,6-16H2. The molecule has 2 rings (SSSR count). The fourth-order valence-electron chi connectivity index (χ4n) is 2.22. The summed E-state index contributed by atoms with van der Waals surface area (Å²) in [7, 11) is 0. The van der Waals surface area contributed by atoms with Gasteiger partial charge in [-0.2, -0.15) is 0 Å². The lowest BCUT2D eigenvalue weighted by molar-refractivity contribution is 0.00206. The van der Waals surface area contributed by atoms with Gasteiger partial charge in [0.25, 0.3) is 0 Å². The van der Waals surface area contributed by atoms with E-state index in [2.05, 4.69) is 0 Å². The molecule has 0 aliphatic carbocycles. The molecule has 25 heavy (non-hydrogen) atoms. The molecule has 1 aromatic rings. The summed E-state index contributed by atoms with van der Waals surface area (Å²) in [6.45, 7) is 5.10. The van der Waals surface area contributed by atoms with Gasteiger partial charge in [-0.15, -0.1) is 0 Å². The molecule has 1 heterocycles. The normalized spacial score (nSPS) is 18.8. The molecule has 0 spiro atoms. The highest BCUT2D eigenvalue weighted by Crippen LogP contribution is 2.03. The van der Waals surface area contributed by atoms with Crippen LogP contribution in [0.4, 0.5) is 4.79 Å². The summed E-state index contributed by atoms with van der Waals surface area (Å²) in [5.41, 5.74) is 0.955. The van der Waals surface area contributed by atoms with Gasteiger partial charge in [0.1, 0.15) is 6.61 Å². The number of hydrogen-bond donors (Lipinski definition) is 0. The first-order valence-corrected chi connectivity index (χ1v) is 8.63. The van der Waals surface area contributed by atoms with Crippen LogP contribution in [0.5, 0.6) is 0 Å². The summed E-state index contributed by atoms with van der Waals surface area (Å²) in [5.74, 6) is 0. The zero-order chi connectivity index (χ0) is 17.6. The number of benzene rings is 1. The Balaban J connectivity index is 1.77. The maximum absolute atomic E-state index is 12.3. The van der Waals surface area contributed by atoms with E-state index in [1.165, 1.54) is 0 Å². The van der Waals surface area contributed by atoms with Crippen LogP contribution in [0.1, 0.15) is 5.56 Å². The summed E-state index contributed by atoms with van der Waals surface area (Å²) in [4.78, 5) is 13.9. The van der Waals surface area contributed by atoms with Gasteiger partial charge in [-0.3, -0.25) is 0 Å². The summed E-state index contributed by atoms with van der Waals surface area (Å²) in [6.07, 6.45) is -0.368. The third kappa shape index (κ3) is 8.83. The summed E-state index contributed by atoms with van der Waals surface area (Å²) in [6, 6.07) is 9.60. The number of carbonyl (C=O) groups is 1. The third-order valence-corrected chi connectivity index (χ3v) is 3.59. The Morgan fingerprint density at radius 2 is 1.28 bits per heavy atom. The van der Waals surface area contributed by atoms with Crippen molar-refractivity contribution in [3.63, 3.8) is 0 Å². The van der Waals surface area contributed by atoms with E-state index in [1.807, 2.05) is 30.3 Å². The average Bonchev–Trinajstić information content (AvgIpc) is 2.66. The van der Waals surface area contributed by atoms with Gasteiger partial charge in [-0.25, -0.2) is 4.79 Å². The van der Waals surface area contributed by atoms with Crippen molar-refractivity contribution in [3.05, 3.63) is 35.9 Å². The first-order valence-electron chi connectivity index (χ1n) is 8.63. The predicted molar refractivity (Wildman–Crippen MR) is 91.5 cm³/mol. The maximum atomic E-state index is 12.3. The van der Waals surface area contributed by atoms with E-state index in [0.29, 0.717) is 65.9 Å². The van der Waals surface area contributed by atoms with Gasteiger partial charge in [-0.1, -0.05) is 30.3 Å². The number of amides is 1. The molecule has 1 amide bonds. The monoisotopic (exact) mass is 353 g/mol. The lowest BCUT2D eigenvalue weighted by atomic mass is 10.2. The predicted octanol–water partition coefficient (Wildman–Crippen LogP) is 1.71. The Kier molecular flexibility index (Phi) is 9.95. The summed E-state index contributed by atoms with van der Waals surface area (Å²) < 4.78 is 27.1. The zero-order valence-electron chi connectivity index (χ0n) is 14.6. The topological polar surface area (TPSA) is 66.5 Å². The molecule has 0 saturated carbocycles. The van der Waals surface area contributed by atoms with Gasteiger partial charge in [0.05, 0.1) is 52.9 Å². The van der Waals surface area contributed by atoms with E-state index >= 15 is 0 Å². The van der Waals surface area contributed by atoms with Crippen LogP contribution in [0.25, 0.3) is 0 Å². The molecule has 7 nitrogen and oxygen atoms in total. The second-order valence-electron chi connectivity index (χ2n) is 5.48. The molecule has 140 valence electrons. The number of ether oxygens (including phenoxy) is 5. The molecule has 0 atom stereocenters. The summed E-state index contributed by atoms with van der Waals surface area (Å²) in [5, 5.41) is 0. The third-order valence-electron chi connectivity index (χ3n) is 3.59. The Hall–Kier alpha value is -1.67. The van der Waals surface area contributed by atoms with Crippen molar-refractivity contribution in [2.45, 2.75) is 6.61 Å². The summed E-state index contributed by atoms with van der Waals surface area (Å²) >= 11 is 0. The minimum atomic E-state index is -0.368. The highest BCUT2D eigenvalue weighted by Gasteiger charge is 2.15. The molecule has 0 aromatic heterocycles. The molecular weight excluding hydrogens is 326 g/mol. The molecule has 0 N–H and O–H groups in total. The highest BCUT2D eigenvalue weighted by atomic mass is 16.6. The molecule has 1 saturated heterocycles. The lowest BCUT2D eigenvalue weighted by Crippen LogP contribution is -2.37. The number of carbonyl (C=O) groups excluding carboxylic acids is 1. The van der Waals surface area contributed by atoms with Crippen molar-refractivity contribution in [2.24, 2.45) is 0 Å². The molecule has 7 heteroatoms. The molecule has 0 radical (unpaired) electrons. The fraction of sp³-hybridized carbons (Fsp3) is 0.611. The minimum absolute atomic E-state index is 0.250. The van der Waals surface area contributed by atoms with Crippen LogP contribution in [0, 0.1) is 0 Å². The van der Waals surface area contributed by atoms with Gasteiger partial charge < -0.3 is 28.6 Å². The van der Waals surface area contributed by atoms with E-state index in [4.69, 9.17) is 23.7 Å². The zero-order valence-corrected chi connectivity index (χ0v) is 14.6. The smallest absolute Gasteiger partial charge is 0.410 e. The van der Waals surface area contributed by atoms with Gasteiger partial charge in [0.2, 0.25) is 0 Å². The van der Waals surface area contributed by atoms with E-state index in [9.17, 15) is 4.79 Å². The molecule has 1 aromatic carbocycles. The molecule has 1 aliphatic rings. The van der Waals surface area contributed by atoms with E-state index in [1.54, 1.807) is 4.90 Å². The van der Waals surface area contributed by atoms with Crippen molar-refractivity contribution in [2.75, 3.05) is 65.9 Å². The Morgan fingerprint density at radius 1 is 0.800 bits per heavy atom. The number of hydrogen-bond acceptors (Lipinski definition) is 6. The van der Waals surface area contributed by atoms with Crippen LogP contribution < -0.4 is 0 Å². The molecule has 0 bridgehead atoms. The van der Waals surface area contributed by atoms with Crippen LogP contribution in [-0.4, -0.2) is 76.9 Å². The number of nitrogens with zero attached hydrogens (tertiary/aromatic N) is 1. The molecule has 1 fully saturated rings. The minimum Gasteiger partial charge on any atom is -0.445 e. The van der Waals surface area contributed by atoms with Gasteiger partial charge in [0, 0.05) is 13.1 Å². The largest absolute Gasteiger partial charge is 0.445 e. The van der Waals surface area contributed by atoms with Crippen molar-refractivity contribution in [1.29, 1.82) is 0 Å². The van der Waals surface area contributed by atoms with Crippen LogP contribution in [0.3, 0.4) is 0 Å². The van der Waals surface area contributed by atoms with Crippen molar-refractivity contribution >= 4 is 6.09 Å². The van der Waals surface area contributed by atoms with Gasteiger partial charge >= 0.3 is 6.09 Å². The van der Waals surface area contributed by atoms with Crippen molar-refractivity contribution in [1.82, 2.24) is 4.90 Å². The van der Waals surface area contributed by atoms with Crippen LogP contribution in [0.15, 0.2) is 30.3 Å². The van der Waals surface area contributed by atoms with Crippen molar-refractivity contribution in [3.8, 4) is 0 Å². The van der Waals surface area contributed by atoms with Gasteiger partial charge in [0.15, 0.2) is 0 Å². The number of rotatable bonds is 2. The van der Waals surface area contributed by atoms with E-state index < -0.39 is 0 Å². The Morgan fingerprint density at radius 3 is 1.80 bits per heavy atom. The second-order valence-corrected chi connectivity index (χ2v) is 5.48. The van der Waals surface area contributed by atoms with Crippen LogP contribution >= 0.6 is 0 Å². The lowest BCUT2D eigenvalue weighted by Gasteiger charge is -2.22. The molecular formula is C18H27NO6. The van der Waals surface area contributed by atoms with E-state index in [0.717, 1.165) is 5.56 Å². The molecule has 1 aliphatic heterocycles. The van der Waals surface area contributed by atoms with Crippen LogP contribution in [-0.2, 0) is 30.3 Å². The van der Waals surface area contributed by atoms with Crippen molar-refractivity contribution < 1.29 is 28.5 Å². The molecule has 0 unspecified atom stereocenters. The average molecular weight is 353 g/mol. The quantitative estimate of drug-likeness (QED) is 0.806. The Bertz CT molecular complexity index is 454. The highest BCUT2D eigenvalue weighted by molar-refractivity contribution is 5.67.